The van der Waals surface area contributed by atoms with Crippen LogP contribution in [0.2, 0.25) is 0 Å². The SMILES string of the molecule is CCC(C)C(c1ccccc1)c1n[nH]c(=S)n1C(C)C. The molecule has 3 nitrogen and oxygen atoms in total. The molecule has 0 bridgehead atoms. The first-order chi connectivity index (χ1) is 9.56. The van der Waals surface area contributed by atoms with Crippen LogP contribution in [0.25, 0.3) is 0 Å². The minimum absolute atomic E-state index is 0.275. The summed E-state index contributed by atoms with van der Waals surface area (Å²) in [6.07, 6.45) is 1.11. The van der Waals surface area contributed by atoms with Gasteiger partial charge in [0.1, 0.15) is 5.82 Å². The van der Waals surface area contributed by atoms with Crippen molar-refractivity contribution in [1.29, 1.82) is 0 Å². The normalized spacial score (nSPS) is 14.4. The lowest BCUT2D eigenvalue weighted by atomic mass is 9.85. The molecule has 0 radical (unpaired) electrons. The number of benzene rings is 1. The van der Waals surface area contributed by atoms with Crippen LogP contribution < -0.4 is 0 Å². The lowest BCUT2D eigenvalue weighted by Crippen LogP contribution is -2.18. The number of H-pyrrole nitrogens is 1. The van der Waals surface area contributed by atoms with E-state index in [1.54, 1.807) is 0 Å². The first kappa shape index (κ1) is 15.0. The van der Waals surface area contributed by atoms with Gasteiger partial charge in [0.25, 0.3) is 0 Å². The molecule has 2 atom stereocenters. The van der Waals surface area contributed by atoms with Gasteiger partial charge in [0.15, 0.2) is 4.77 Å². The van der Waals surface area contributed by atoms with Gasteiger partial charge in [-0.2, -0.15) is 5.10 Å². The van der Waals surface area contributed by atoms with E-state index in [1.165, 1.54) is 5.56 Å². The Hall–Kier alpha value is -1.42. The van der Waals surface area contributed by atoms with Crippen LogP contribution in [0.15, 0.2) is 30.3 Å². The molecule has 20 heavy (non-hydrogen) atoms. The predicted octanol–water partition coefficient (Wildman–Crippen LogP) is 4.70. The fourth-order valence-corrected chi connectivity index (χ4v) is 3.01. The molecule has 0 aliphatic heterocycles. The molecular formula is C16H23N3S. The van der Waals surface area contributed by atoms with Gasteiger partial charge in [0.2, 0.25) is 0 Å². The molecule has 1 aromatic carbocycles. The van der Waals surface area contributed by atoms with Gasteiger partial charge in [-0.25, -0.2) is 0 Å². The van der Waals surface area contributed by atoms with Crippen molar-refractivity contribution in [2.24, 2.45) is 5.92 Å². The molecule has 2 aromatic rings. The zero-order valence-electron chi connectivity index (χ0n) is 12.6. The highest BCUT2D eigenvalue weighted by atomic mass is 32.1. The number of aromatic amines is 1. The Kier molecular flexibility index (Phi) is 4.76. The van der Waals surface area contributed by atoms with Crippen molar-refractivity contribution < 1.29 is 0 Å². The van der Waals surface area contributed by atoms with Crippen LogP contribution in [-0.2, 0) is 0 Å². The first-order valence-electron chi connectivity index (χ1n) is 7.28. The zero-order chi connectivity index (χ0) is 14.7. The second-order valence-corrected chi connectivity index (χ2v) is 6.01. The number of rotatable bonds is 5. The first-order valence-corrected chi connectivity index (χ1v) is 7.68. The van der Waals surface area contributed by atoms with Gasteiger partial charge in [0.05, 0.1) is 0 Å². The maximum Gasteiger partial charge on any atom is 0.195 e. The summed E-state index contributed by atoms with van der Waals surface area (Å²) in [6, 6.07) is 10.9. The largest absolute Gasteiger partial charge is 0.301 e. The van der Waals surface area contributed by atoms with E-state index in [0.717, 1.165) is 12.2 Å². The fourth-order valence-electron chi connectivity index (χ4n) is 2.66. The Morgan fingerprint density at radius 1 is 1.20 bits per heavy atom. The Morgan fingerprint density at radius 3 is 2.40 bits per heavy atom. The van der Waals surface area contributed by atoms with Gasteiger partial charge in [-0.15, -0.1) is 0 Å². The quantitative estimate of drug-likeness (QED) is 0.809. The van der Waals surface area contributed by atoms with E-state index in [9.17, 15) is 0 Å². The van der Waals surface area contributed by atoms with Crippen LogP contribution in [-0.4, -0.2) is 14.8 Å². The molecule has 0 saturated carbocycles. The van der Waals surface area contributed by atoms with Crippen molar-refractivity contribution in [3.8, 4) is 0 Å². The van der Waals surface area contributed by atoms with E-state index >= 15 is 0 Å². The zero-order valence-corrected chi connectivity index (χ0v) is 13.4. The molecule has 1 aromatic heterocycles. The summed E-state index contributed by atoms with van der Waals surface area (Å²) in [5.74, 6) is 1.84. The monoisotopic (exact) mass is 289 g/mol. The Bertz CT molecular complexity index is 598. The molecule has 0 aliphatic carbocycles. The van der Waals surface area contributed by atoms with Crippen molar-refractivity contribution in [3.63, 3.8) is 0 Å². The minimum atomic E-state index is 0.275. The second kappa shape index (κ2) is 6.35. The van der Waals surface area contributed by atoms with Crippen molar-refractivity contribution in [2.75, 3.05) is 0 Å². The van der Waals surface area contributed by atoms with E-state index in [1.807, 2.05) is 0 Å². The van der Waals surface area contributed by atoms with E-state index in [0.29, 0.717) is 16.7 Å². The van der Waals surface area contributed by atoms with Gasteiger partial charge in [-0.05, 0) is 37.5 Å². The summed E-state index contributed by atoms with van der Waals surface area (Å²) < 4.78 is 2.85. The number of hydrogen-bond donors (Lipinski definition) is 1. The number of hydrogen-bond acceptors (Lipinski definition) is 2. The van der Waals surface area contributed by atoms with E-state index < -0.39 is 0 Å². The molecule has 108 valence electrons. The smallest absolute Gasteiger partial charge is 0.195 e. The highest BCUT2D eigenvalue weighted by molar-refractivity contribution is 7.71. The summed E-state index contributed by atoms with van der Waals surface area (Å²) in [7, 11) is 0. The topological polar surface area (TPSA) is 33.6 Å². The number of nitrogens with one attached hydrogen (secondary N) is 1. The van der Waals surface area contributed by atoms with Crippen LogP contribution in [0.3, 0.4) is 0 Å². The number of aromatic nitrogens is 3. The van der Waals surface area contributed by atoms with Crippen molar-refractivity contribution in [3.05, 3.63) is 46.5 Å². The van der Waals surface area contributed by atoms with E-state index in [-0.39, 0.29) is 5.92 Å². The molecule has 1 N–H and O–H groups in total. The van der Waals surface area contributed by atoms with Gasteiger partial charge < -0.3 is 4.57 Å². The average Bonchev–Trinajstić information content (AvgIpc) is 2.82. The van der Waals surface area contributed by atoms with Crippen LogP contribution in [0.5, 0.6) is 0 Å². The molecule has 0 fully saturated rings. The summed E-state index contributed by atoms with van der Waals surface area (Å²) in [5, 5.41) is 7.49. The maximum atomic E-state index is 5.39. The molecule has 0 saturated heterocycles. The second-order valence-electron chi connectivity index (χ2n) is 5.62. The molecule has 0 aliphatic rings. The summed E-state index contributed by atoms with van der Waals surface area (Å²) >= 11 is 5.39. The van der Waals surface area contributed by atoms with Crippen LogP contribution in [0, 0.1) is 10.7 Å². The van der Waals surface area contributed by atoms with Crippen LogP contribution >= 0.6 is 12.2 Å². The highest BCUT2D eigenvalue weighted by Crippen LogP contribution is 2.33. The van der Waals surface area contributed by atoms with Crippen molar-refractivity contribution >= 4 is 12.2 Å². The lowest BCUT2D eigenvalue weighted by Gasteiger charge is -2.24. The molecule has 0 amide bonds. The Labute approximate surface area is 126 Å². The standard InChI is InChI=1S/C16H23N3S/c1-5-12(4)14(13-9-7-6-8-10-13)15-17-18-16(20)19(15)11(2)3/h6-12,14H,5H2,1-4H3,(H,18,20). The molecular weight excluding hydrogens is 266 g/mol. The molecule has 1 heterocycles. The van der Waals surface area contributed by atoms with Gasteiger partial charge >= 0.3 is 0 Å². The minimum Gasteiger partial charge on any atom is -0.301 e. The van der Waals surface area contributed by atoms with Crippen LogP contribution in [0.1, 0.15) is 57.5 Å². The van der Waals surface area contributed by atoms with Crippen molar-refractivity contribution in [2.45, 2.75) is 46.1 Å². The fraction of sp³-hybridized carbons (Fsp3) is 0.500. The molecule has 4 heteroatoms. The van der Waals surface area contributed by atoms with Gasteiger partial charge in [-0.1, -0.05) is 50.6 Å². The third-order valence-electron chi connectivity index (χ3n) is 3.90. The van der Waals surface area contributed by atoms with E-state index in [2.05, 4.69) is 72.8 Å². The highest BCUT2D eigenvalue weighted by Gasteiger charge is 2.26. The maximum absolute atomic E-state index is 5.39. The molecule has 2 rings (SSSR count). The third-order valence-corrected chi connectivity index (χ3v) is 4.19. The average molecular weight is 289 g/mol. The third kappa shape index (κ3) is 2.85. The summed E-state index contributed by atoms with van der Waals surface area (Å²) in [5.41, 5.74) is 1.30. The lowest BCUT2D eigenvalue weighted by molar-refractivity contribution is 0.444. The Balaban J connectivity index is 2.56. The van der Waals surface area contributed by atoms with Crippen molar-refractivity contribution in [1.82, 2.24) is 14.8 Å². The molecule has 2 unspecified atom stereocenters. The number of nitrogens with zero attached hydrogens (tertiary/aromatic N) is 2. The summed E-state index contributed by atoms with van der Waals surface area (Å²) in [4.78, 5) is 0. The Morgan fingerprint density at radius 2 is 1.85 bits per heavy atom. The van der Waals surface area contributed by atoms with Gasteiger partial charge in [0, 0.05) is 12.0 Å². The predicted molar refractivity (Wildman–Crippen MR) is 85.5 cm³/mol. The van der Waals surface area contributed by atoms with Gasteiger partial charge in [-0.3, -0.25) is 5.10 Å². The summed E-state index contributed by atoms with van der Waals surface area (Å²) in [6.45, 7) is 8.79. The molecule has 0 spiro atoms. The van der Waals surface area contributed by atoms with Crippen LogP contribution in [0.4, 0.5) is 0 Å². The van der Waals surface area contributed by atoms with E-state index in [4.69, 9.17) is 12.2 Å².